The van der Waals surface area contributed by atoms with Crippen molar-refractivity contribution in [3.8, 4) is 0 Å². The molecular weight excluding hydrogens is 432 g/mol. The summed E-state index contributed by atoms with van der Waals surface area (Å²) in [4.78, 5) is 16.2. The third-order valence-electron chi connectivity index (χ3n) is 4.84. The number of benzene rings is 1. The summed E-state index contributed by atoms with van der Waals surface area (Å²) in [5.74, 6) is -1.03. The zero-order chi connectivity index (χ0) is 19.6. The van der Waals surface area contributed by atoms with Gasteiger partial charge >= 0.3 is 5.97 Å². The van der Waals surface area contributed by atoms with Gasteiger partial charge in [0.15, 0.2) is 10.4 Å². The Balaban J connectivity index is 2.11. The molecule has 1 aliphatic heterocycles. The van der Waals surface area contributed by atoms with Gasteiger partial charge in [-0.25, -0.2) is 9.78 Å². The van der Waals surface area contributed by atoms with Crippen molar-refractivity contribution in [2.24, 2.45) is 0 Å². The standard InChI is InChI=1S/C19H24BrClN4O2/c1-11(2)25-17(16(18(26)27)24-19(25)20)15(12-3-5-13(21)6-4-12)23-14-7-9-22-10-8-14/h3-6,11,14-15,22-23H,7-10H2,1-2H3,(H,26,27). The van der Waals surface area contributed by atoms with E-state index in [9.17, 15) is 9.90 Å². The van der Waals surface area contributed by atoms with Crippen LogP contribution in [0, 0.1) is 0 Å². The van der Waals surface area contributed by atoms with Gasteiger partial charge in [0.1, 0.15) is 0 Å². The van der Waals surface area contributed by atoms with Crippen molar-refractivity contribution in [2.45, 2.75) is 44.8 Å². The van der Waals surface area contributed by atoms with Crippen molar-refractivity contribution in [2.75, 3.05) is 13.1 Å². The van der Waals surface area contributed by atoms with E-state index in [2.05, 4.69) is 31.5 Å². The topological polar surface area (TPSA) is 79.2 Å². The molecule has 0 aliphatic carbocycles. The molecule has 146 valence electrons. The summed E-state index contributed by atoms with van der Waals surface area (Å²) in [5, 5.41) is 17.5. The van der Waals surface area contributed by atoms with Gasteiger partial charge in [-0.15, -0.1) is 0 Å². The fourth-order valence-corrected chi connectivity index (χ4v) is 4.46. The highest BCUT2D eigenvalue weighted by Gasteiger charge is 2.31. The van der Waals surface area contributed by atoms with Crippen LogP contribution in [0.3, 0.4) is 0 Å². The number of rotatable bonds is 6. The molecule has 1 fully saturated rings. The summed E-state index contributed by atoms with van der Waals surface area (Å²) in [6, 6.07) is 7.61. The van der Waals surface area contributed by atoms with Crippen molar-refractivity contribution in [3.05, 3.63) is 51.0 Å². The second-order valence-corrected chi connectivity index (χ2v) is 8.20. The van der Waals surface area contributed by atoms with Gasteiger partial charge in [-0.05, 0) is 73.4 Å². The van der Waals surface area contributed by atoms with Crippen LogP contribution in [0.5, 0.6) is 0 Å². The molecule has 8 heteroatoms. The van der Waals surface area contributed by atoms with Crippen molar-refractivity contribution < 1.29 is 9.90 Å². The molecule has 0 amide bonds. The number of aromatic nitrogens is 2. The molecule has 0 saturated carbocycles. The predicted octanol–water partition coefficient (Wildman–Crippen LogP) is 4.01. The van der Waals surface area contributed by atoms with Crippen molar-refractivity contribution in [1.29, 1.82) is 0 Å². The SMILES string of the molecule is CC(C)n1c(Br)nc(C(=O)O)c1C(NC1CCNCC1)c1ccc(Cl)cc1. The molecule has 2 heterocycles. The molecule has 1 saturated heterocycles. The van der Waals surface area contributed by atoms with Crippen LogP contribution in [-0.4, -0.2) is 39.8 Å². The van der Waals surface area contributed by atoms with E-state index in [4.69, 9.17) is 11.6 Å². The highest BCUT2D eigenvalue weighted by atomic mass is 79.9. The minimum absolute atomic E-state index is 0.0552. The van der Waals surface area contributed by atoms with Crippen molar-refractivity contribution in [1.82, 2.24) is 20.2 Å². The quantitative estimate of drug-likeness (QED) is 0.613. The molecule has 6 nitrogen and oxygen atoms in total. The maximum Gasteiger partial charge on any atom is 0.356 e. The monoisotopic (exact) mass is 454 g/mol. The summed E-state index contributed by atoms with van der Waals surface area (Å²) in [5.41, 5.74) is 1.69. The number of carboxylic acid groups (broad SMARTS) is 1. The Bertz CT molecular complexity index is 801. The van der Waals surface area contributed by atoms with Crippen LogP contribution in [0.2, 0.25) is 5.02 Å². The van der Waals surface area contributed by atoms with Crippen LogP contribution in [-0.2, 0) is 0 Å². The van der Waals surface area contributed by atoms with E-state index in [0.717, 1.165) is 31.5 Å². The Morgan fingerprint density at radius 1 is 1.33 bits per heavy atom. The van der Waals surface area contributed by atoms with Crippen molar-refractivity contribution in [3.63, 3.8) is 0 Å². The minimum Gasteiger partial charge on any atom is -0.476 e. The molecule has 0 bridgehead atoms. The molecule has 1 aromatic heterocycles. The number of halogens is 2. The number of carboxylic acids is 1. The summed E-state index contributed by atoms with van der Waals surface area (Å²) in [6.45, 7) is 5.93. The van der Waals surface area contributed by atoms with Gasteiger partial charge < -0.3 is 20.3 Å². The molecule has 0 radical (unpaired) electrons. The zero-order valence-electron chi connectivity index (χ0n) is 15.4. The third-order valence-corrected chi connectivity index (χ3v) is 5.65. The van der Waals surface area contributed by atoms with Gasteiger partial charge in [-0.2, -0.15) is 0 Å². The van der Waals surface area contributed by atoms with Gasteiger partial charge in [-0.3, -0.25) is 0 Å². The molecule has 1 atom stereocenters. The lowest BCUT2D eigenvalue weighted by Gasteiger charge is -2.31. The Morgan fingerprint density at radius 2 is 1.96 bits per heavy atom. The summed E-state index contributed by atoms with van der Waals surface area (Å²) >= 11 is 9.52. The third kappa shape index (κ3) is 4.54. The van der Waals surface area contributed by atoms with Crippen LogP contribution in [0.1, 0.15) is 60.5 Å². The minimum atomic E-state index is -1.03. The molecular formula is C19H24BrClN4O2. The van der Waals surface area contributed by atoms with E-state index >= 15 is 0 Å². The van der Waals surface area contributed by atoms with E-state index in [0.29, 0.717) is 21.5 Å². The van der Waals surface area contributed by atoms with Crippen LogP contribution in [0.4, 0.5) is 0 Å². The van der Waals surface area contributed by atoms with E-state index < -0.39 is 5.97 Å². The van der Waals surface area contributed by atoms with Gasteiger partial charge in [0, 0.05) is 17.1 Å². The molecule has 1 aliphatic rings. The molecule has 1 unspecified atom stereocenters. The smallest absolute Gasteiger partial charge is 0.356 e. The molecule has 0 spiro atoms. The molecule has 3 N–H and O–H groups in total. The fourth-order valence-electron chi connectivity index (χ4n) is 3.55. The zero-order valence-corrected chi connectivity index (χ0v) is 17.7. The van der Waals surface area contributed by atoms with Gasteiger partial charge in [0.25, 0.3) is 0 Å². The molecule has 2 aromatic rings. The first kappa shape index (κ1) is 20.3. The number of hydrogen-bond donors (Lipinski definition) is 3. The Labute approximate surface area is 172 Å². The van der Waals surface area contributed by atoms with Crippen LogP contribution >= 0.6 is 27.5 Å². The van der Waals surface area contributed by atoms with E-state index in [-0.39, 0.29) is 17.8 Å². The number of nitrogens with zero attached hydrogens (tertiary/aromatic N) is 2. The highest BCUT2D eigenvalue weighted by Crippen LogP contribution is 2.32. The first-order valence-electron chi connectivity index (χ1n) is 9.11. The van der Waals surface area contributed by atoms with Crippen LogP contribution < -0.4 is 10.6 Å². The number of piperidine rings is 1. The fraction of sp³-hybridized carbons (Fsp3) is 0.474. The first-order chi connectivity index (χ1) is 12.9. The average molecular weight is 456 g/mol. The van der Waals surface area contributed by atoms with Gasteiger partial charge in [0.2, 0.25) is 0 Å². The maximum absolute atomic E-state index is 11.9. The highest BCUT2D eigenvalue weighted by molar-refractivity contribution is 9.10. The normalized spacial score (nSPS) is 16.6. The number of hydrogen-bond acceptors (Lipinski definition) is 4. The van der Waals surface area contributed by atoms with Gasteiger partial charge in [-0.1, -0.05) is 23.7 Å². The summed E-state index contributed by atoms with van der Waals surface area (Å²) in [6.07, 6.45) is 1.98. The summed E-state index contributed by atoms with van der Waals surface area (Å²) < 4.78 is 2.47. The second kappa shape index (κ2) is 8.73. The Hall–Kier alpha value is -1.41. The van der Waals surface area contributed by atoms with Crippen LogP contribution in [0.25, 0.3) is 0 Å². The Morgan fingerprint density at radius 3 is 2.52 bits per heavy atom. The van der Waals surface area contributed by atoms with Gasteiger partial charge in [0.05, 0.1) is 11.7 Å². The van der Waals surface area contributed by atoms with Crippen molar-refractivity contribution >= 4 is 33.5 Å². The molecule has 3 rings (SSSR count). The summed E-state index contributed by atoms with van der Waals surface area (Å²) in [7, 11) is 0. The lowest BCUT2D eigenvalue weighted by molar-refractivity contribution is 0.0688. The molecule has 27 heavy (non-hydrogen) atoms. The number of nitrogens with one attached hydrogen (secondary N) is 2. The predicted molar refractivity (Wildman–Crippen MR) is 110 cm³/mol. The lowest BCUT2D eigenvalue weighted by Crippen LogP contribution is -2.42. The van der Waals surface area contributed by atoms with E-state index in [1.807, 2.05) is 42.7 Å². The van der Waals surface area contributed by atoms with E-state index in [1.54, 1.807) is 0 Å². The lowest BCUT2D eigenvalue weighted by atomic mass is 9.97. The van der Waals surface area contributed by atoms with Crippen LogP contribution in [0.15, 0.2) is 29.0 Å². The average Bonchev–Trinajstić information content (AvgIpc) is 2.99. The number of carbonyl (C=O) groups is 1. The second-order valence-electron chi connectivity index (χ2n) is 7.06. The molecule has 1 aromatic carbocycles. The largest absolute Gasteiger partial charge is 0.476 e. The Kier molecular flexibility index (Phi) is 6.57. The first-order valence-corrected chi connectivity index (χ1v) is 10.3. The number of aromatic carboxylic acids is 1. The van der Waals surface area contributed by atoms with E-state index in [1.165, 1.54) is 0 Å². The number of imidazole rings is 1. The maximum atomic E-state index is 11.9.